The average molecular weight is 246 g/mol. The minimum Gasteiger partial charge on any atom is -0.457 e. The van der Waals surface area contributed by atoms with Gasteiger partial charge in [0.05, 0.1) is 5.60 Å². The Morgan fingerprint density at radius 1 is 1.47 bits per heavy atom. The lowest BCUT2D eigenvalue weighted by Crippen LogP contribution is -2.40. The summed E-state index contributed by atoms with van der Waals surface area (Å²) in [6, 6.07) is 0. The molecule has 0 amide bonds. The van der Waals surface area contributed by atoms with Gasteiger partial charge in [0.15, 0.2) is 0 Å². The summed E-state index contributed by atoms with van der Waals surface area (Å²) in [5.41, 5.74) is -1.33. The Morgan fingerprint density at radius 3 is 2.27 bits per heavy atom. The highest BCUT2D eigenvalue weighted by atomic mass is 32.2. The molecule has 1 aliphatic rings. The minimum atomic E-state index is -5.84. The monoisotopic (exact) mass is 246 g/mol. The molecule has 0 heterocycles. The fraction of sp³-hybridized carbons (Fsp3) is 0.833. The molecule has 0 radical (unpaired) electrons. The van der Waals surface area contributed by atoms with Gasteiger partial charge in [-0.25, -0.2) is 4.79 Å². The Balaban J connectivity index is 2.60. The van der Waals surface area contributed by atoms with E-state index in [1.54, 1.807) is 0 Å². The zero-order valence-electron chi connectivity index (χ0n) is 7.31. The standard InChI is InChI=1S/C6H8F2O6S/c7-6(8,15(11,12)13)4(9)14-3-5(10)1-2-5/h10H,1-3H2,(H,11,12,13). The number of halogens is 2. The van der Waals surface area contributed by atoms with Crippen LogP contribution >= 0.6 is 0 Å². The van der Waals surface area contributed by atoms with Crippen LogP contribution in [0.3, 0.4) is 0 Å². The molecule has 0 saturated heterocycles. The summed E-state index contributed by atoms with van der Waals surface area (Å²) in [5, 5.41) is 4.11. The van der Waals surface area contributed by atoms with E-state index in [9.17, 15) is 22.0 Å². The first-order valence-corrected chi connectivity index (χ1v) is 5.27. The molecule has 9 heteroatoms. The number of rotatable bonds is 4. The average Bonchev–Trinajstić information content (AvgIpc) is 2.78. The zero-order chi connectivity index (χ0) is 11.9. The number of hydrogen-bond donors (Lipinski definition) is 2. The molecule has 0 atom stereocenters. The Bertz CT molecular complexity index is 371. The van der Waals surface area contributed by atoms with E-state index in [1.165, 1.54) is 0 Å². The molecule has 0 aromatic heterocycles. The van der Waals surface area contributed by atoms with E-state index in [-0.39, 0.29) is 12.8 Å². The molecule has 2 N–H and O–H groups in total. The van der Waals surface area contributed by atoms with Crippen molar-refractivity contribution < 1.29 is 36.4 Å². The fourth-order valence-corrected chi connectivity index (χ4v) is 0.947. The van der Waals surface area contributed by atoms with Crippen LogP contribution in [0.2, 0.25) is 0 Å². The van der Waals surface area contributed by atoms with Crippen LogP contribution in [0, 0.1) is 0 Å². The summed E-state index contributed by atoms with van der Waals surface area (Å²) in [4.78, 5) is 10.6. The largest absolute Gasteiger partial charge is 0.465 e. The van der Waals surface area contributed by atoms with Gasteiger partial charge in [-0.05, 0) is 12.8 Å². The summed E-state index contributed by atoms with van der Waals surface area (Å²) in [6.45, 7) is -0.711. The summed E-state index contributed by atoms with van der Waals surface area (Å²) in [7, 11) is -5.84. The molecular formula is C6H8F2O6S. The zero-order valence-corrected chi connectivity index (χ0v) is 8.13. The van der Waals surface area contributed by atoms with Gasteiger partial charge < -0.3 is 9.84 Å². The van der Waals surface area contributed by atoms with Gasteiger partial charge in [-0.3, -0.25) is 4.55 Å². The van der Waals surface area contributed by atoms with Crippen molar-refractivity contribution in [1.82, 2.24) is 0 Å². The van der Waals surface area contributed by atoms with Crippen LogP contribution < -0.4 is 0 Å². The summed E-state index contributed by atoms with van der Waals surface area (Å²) >= 11 is 0. The van der Waals surface area contributed by atoms with Crippen LogP contribution in [0.1, 0.15) is 12.8 Å². The third-order valence-electron chi connectivity index (χ3n) is 1.86. The van der Waals surface area contributed by atoms with E-state index in [1.807, 2.05) is 0 Å². The lowest BCUT2D eigenvalue weighted by molar-refractivity contribution is -0.165. The smallest absolute Gasteiger partial charge is 0.457 e. The van der Waals surface area contributed by atoms with Gasteiger partial charge in [0, 0.05) is 0 Å². The SMILES string of the molecule is O=C(OCC1(O)CC1)C(F)(F)S(=O)(=O)O. The number of aliphatic hydroxyl groups is 1. The second kappa shape index (κ2) is 3.35. The van der Waals surface area contributed by atoms with Crippen molar-refractivity contribution in [3.8, 4) is 0 Å². The Labute approximate surface area is 83.6 Å². The first kappa shape index (κ1) is 12.3. The molecule has 1 rings (SSSR count). The van der Waals surface area contributed by atoms with Crippen molar-refractivity contribution in [2.75, 3.05) is 6.61 Å². The summed E-state index contributed by atoms with van der Waals surface area (Å²) in [5.74, 6) is -2.40. The van der Waals surface area contributed by atoms with Gasteiger partial charge in [-0.15, -0.1) is 0 Å². The number of hydrogen-bond acceptors (Lipinski definition) is 5. The quantitative estimate of drug-likeness (QED) is 0.514. The second-order valence-electron chi connectivity index (χ2n) is 3.29. The highest BCUT2D eigenvalue weighted by molar-refractivity contribution is 7.87. The lowest BCUT2D eigenvalue weighted by atomic mass is 10.4. The van der Waals surface area contributed by atoms with Gasteiger partial charge in [-0.1, -0.05) is 0 Å². The van der Waals surface area contributed by atoms with Crippen LogP contribution in [0.4, 0.5) is 8.78 Å². The third kappa shape index (κ3) is 2.61. The number of ether oxygens (including phenoxy) is 1. The van der Waals surface area contributed by atoms with Gasteiger partial charge in [0.25, 0.3) is 0 Å². The first-order valence-electron chi connectivity index (χ1n) is 3.83. The maximum absolute atomic E-state index is 12.5. The predicted octanol–water partition coefficient (Wildman–Crippen LogP) is -0.465. The molecule has 0 aromatic carbocycles. The highest BCUT2D eigenvalue weighted by Gasteiger charge is 2.55. The molecule has 15 heavy (non-hydrogen) atoms. The Kier molecular flexibility index (Phi) is 2.74. The Morgan fingerprint density at radius 2 is 1.93 bits per heavy atom. The molecule has 0 aliphatic heterocycles. The maximum Gasteiger partial charge on any atom is 0.465 e. The van der Waals surface area contributed by atoms with Crippen LogP contribution in [-0.4, -0.2) is 41.5 Å². The van der Waals surface area contributed by atoms with Gasteiger partial charge >= 0.3 is 21.3 Å². The fourth-order valence-electron chi connectivity index (χ4n) is 0.678. The molecule has 0 aromatic rings. The van der Waals surface area contributed by atoms with Crippen LogP contribution in [0.5, 0.6) is 0 Å². The molecule has 0 spiro atoms. The van der Waals surface area contributed by atoms with Crippen molar-refractivity contribution in [3.05, 3.63) is 0 Å². The minimum absolute atomic E-state index is 0.289. The van der Waals surface area contributed by atoms with Gasteiger partial charge in [0.2, 0.25) is 0 Å². The molecule has 1 saturated carbocycles. The number of carbonyl (C=O) groups is 1. The number of alkyl halides is 2. The van der Waals surface area contributed by atoms with E-state index in [0.717, 1.165) is 0 Å². The van der Waals surface area contributed by atoms with Crippen LogP contribution in [-0.2, 0) is 19.6 Å². The molecule has 1 aliphatic carbocycles. The van der Waals surface area contributed by atoms with E-state index in [0.29, 0.717) is 0 Å². The van der Waals surface area contributed by atoms with Crippen molar-refractivity contribution in [1.29, 1.82) is 0 Å². The molecule has 0 unspecified atom stereocenters. The second-order valence-corrected chi connectivity index (χ2v) is 4.76. The van der Waals surface area contributed by atoms with E-state index < -0.39 is 33.5 Å². The molecule has 88 valence electrons. The van der Waals surface area contributed by atoms with Gasteiger partial charge in [-0.2, -0.15) is 17.2 Å². The van der Waals surface area contributed by atoms with E-state index in [2.05, 4.69) is 4.74 Å². The third-order valence-corrected chi connectivity index (χ3v) is 2.68. The maximum atomic E-state index is 12.5. The van der Waals surface area contributed by atoms with Crippen LogP contribution in [0.15, 0.2) is 0 Å². The molecule has 6 nitrogen and oxygen atoms in total. The van der Waals surface area contributed by atoms with Crippen LogP contribution in [0.25, 0.3) is 0 Å². The van der Waals surface area contributed by atoms with Crippen molar-refractivity contribution in [2.45, 2.75) is 23.7 Å². The topological polar surface area (TPSA) is 101 Å². The van der Waals surface area contributed by atoms with Crippen molar-refractivity contribution in [2.24, 2.45) is 0 Å². The normalized spacial score (nSPS) is 19.7. The van der Waals surface area contributed by atoms with E-state index >= 15 is 0 Å². The highest BCUT2D eigenvalue weighted by Crippen LogP contribution is 2.35. The lowest BCUT2D eigenvalue weighted by Gasteiger charge is -2.13. The summed E-state index contributed by atoms with van der Waals surface area (Å²) in [6.07, 6.45) is 0.579. The predicted molar refractivity (Wildman–Crippen MR) is 41.6 cm³/mol. The number of carbonyl (C=O) groups excluding carboxylic acids is 1. The van der Waals surface area contributed by atoms with Crippen molar-refractivity contribution >= 4 is 16.1 Å². The summed E-state index contributed by atoms with van der Waals surface area (Å²) < 4.78 is 57.1. The number of esters is 1. The molecule has 1 fully saturated rings. The van der Waals surface area contributed by atoms with Gasteiger partial charge in [0.1, 0.15) is 6.61 Å². The first-order chi connectivity index (χ1) is 6.58. The molecular weight excluding hydrogens is 238 g/mol. The Hall–Kier alpha value is -0.800. The van der Waals surface area contributed by atoms with E-state index in [4.69, 9.17) is 9.66 Å². The molecule has 0 bridgehead atoms. The van der Waals surface area contributed by atoms with Crippen molar-refractivity contribution in [3.63, 3.8) is 0 Å².